The number of aromatic nitrogens is 4. The third-order valence-electron chi connectivity index (χ3n) is 11.9. The van der Waals surface area contributed by atoms with E-state index >= 15 is 0 Å². The fourth-order valence-electron chi connectivity index (χ4n) is 8.47. The van der Waals surface area contributed by atoms with Gasteiger partial charge in [-0.3, -0.25) is 29.3 Å². The van der Waals surface area contributed by atoms with Crippen LogP contribution in [-0.2, 0) is 44.0 Å². The van der Waals surface area contributed by atoms with Gasteiger partial charge in [0.1, 0.15) is 42.1 Å². The number of carboxylic acid groups (broad SMARTS) is 1. The fraction of sp³-hybridized carbons (Fsp3) is 0.280. The number of fused-ring (bicyclic) bond motifs is 2. The topological polar surface area (TPSA) is 240 Å². The predicted octanol–water partition coefficient (Wildman–Crippen LogP) is 6.45. The second-order valence-electron chi connectivity index (χ2n) is 16.4. The molecule has 1 aliphatic rings. The van der Waals surface area contributed by atoms with Crippen molar-refractivity contribution in [1.82, 2.24) is 19.5 Å². The lowest BCUT2D eigenvalue weighted by Crippen LogP contribution is -2.39. The average molecular weight is 975 g/mol. The van der Waals surface area contributed by atoms with E-state index in [-0.39, 0.29) is 35.0 Å². The van der Waals surface area contributed by atoms with Gasteiger partial charge in [-0.1, -0.05) is 78.9 Å². The van der Waals surface area contributed by atoms with Crippen molar-refractivity contribution in [3.63, 3.8) is 0 Å². The Bertz CT molecular complexity index is 3130. The van der Waals surface area contributed by atoms with Crippen LogP contribution in [-0.4, -0.2) is 111 Å². The molecule has 1 aliphatic heterocycles. The maximum atomic E-state index is 13.5. The van der Waals surface area contributed by atoms with Crippen molar-refractivity contribution < 1.29 is 56.3 Å². The summed E-state index contributed by atoms with van der Waals surface area (Å²) in [5, 5.41) is 12.9. The van der Waals surface area contributed by atoms with E-state index in [0.717, 1.165) is 27.8 Å². The molecule has 3 atom stereocenters. The van der Waals surface area contributed by atoms with E-state index in [1.807, 2.05) is 110 Å². The van der Waals surface area contributed by atoms with Crippen molar-refractivity contribution in [2.45, 2.75) is 48.2 Å². The summed E-state index contributed by atoms with van der Waals surface area (Å²) in [7, 11) is 2.94. The van der Waals surface area contributed by atoms with Crippen molar-refractivity contribution in [3.8, 4) is 11.5 Å². The number of aliphatic carboxylic acids is 1. The summed E-state index contributed by atoms with van der Waals surface area (Å²) in [6.07, 6.45) is -3.61. The maximum absolute atomic E-state index is 13.5. The van der Waals surface area contributed by atoms with Crippen LogP contribution in [0.1, 0.15) is 42.2 Å². The molecule has 1 amide bonds. The number of hydrogen-bond acceptors (Lipinski definition) is 15. The molecule has 7 aromatic rings. The number of carbonyl (C=O) groups excluding carboxylic acids is 2. The molecule has 3 N–H and O–H groups in total. The van der Waals surface area contributed by atoms with E-state index in [1.165, 1.54) is 17.0 Å². The van der Waals surface area contributed by atoms with Crippen LogP contribution in [0.3, 0.4) is 0 Å². The van der Waals surface area contributed by atoms with Crippen molar-refractivity contribution >= 4 is 61.4 Å². The summed E-state index contributed by atoms with van der Waals surface area (Å²) >= 11 is 0. The quantitative estimate of drug-likeness (QED) is 0.0583. The van der Waals surface area contributed by atoms with Gasteiger partial charge in [0.2, 0.25) is 5.95 Å². The van der Waals surface area contributed by atoms with Crippen LogP contribution in [0.15, 0.2) is 131 Å². The van der Waals surface area contributed by atoms with Gasteiger partial charge in [0, 0.05) is 37.0 Å². The average Bonchev–Trinajstić information content (AvgIpc) is 3.97. The van der Waals surface area contributed by atoms with Crippen LogP contribution >= 0.6 is 0 Å². The van der Waals surface area contributed by atoms with Gasteiger partial charge in [-0.2, -0.15) is 4.98 Å². The second-order valence-corrected chi connectivity index (χ2v) is 18.5. The van der Waals surface area contributed by atoms with Crippen molar-refractivity contribution in [2.24, 2.45) is 0 Å². The molecular formula is C50H50N6O13S. The number of carboxylic acids is 1. The molecule has 8 rings (SSSR count). The number of H-pyrrole nitrogens is 1. The van der Waals surface area contributed by atoms with Crippen LogP contribution < -0.4 is 25.2 Å². The standard InChI is InChI=1S/C50H50N6O13S/c1-55(2)38-14-8-13-37-36(38)12-9-15-41(37)70(62,63)27-26-66-49(61)54-48-52-46-45(47(60)53-48)51-30-56(46)42-28-39(69-44(59)25-24-43(57)58)40(68-42)29-67-50(31-10-6-5-7-11-31,32-16-20-34(64-3)21-17-32)33-18-22-35(65-4)23-19-33/h5-23,30,39-40,42H,24-29H2,1-4H3,(H,57,58)(H2,52,53,54,60,61)/t39-,40+,42+/m0/s1. The van der Waals surface area contributed by atoms with Gasteiger partial charge in [0.05, 0.1) is 50.6 Å². The number of aromatic amines is 1. The molecule has 3 heterocycles. The summed E-state index contributed by atoms with van der Waals surface area (Å²) in [5.74, 6) is -1.58. The molecule has 0 saturated carbocycles. The zero-order valence-electron chi connectivity index (χ0n) is 38.6. The highest BCUT2D eigenvalue weighted by molar-refractivity contribution is 7.91. The number of carbonyl (C=O) groups is 3. The smallest absolute Gasteiger partial charge is 0.414 e. The number of rotatable bonds is 19. The van der Waals surface area contributed by atoms with Gasteiger partial charge in [-0.15, -0.1) is 0 Å². The zero-order valence-corrected chi connectivity index (χ0v) is 39.4. The lowest BCUT2D eigenvalue weighted by Gasteiger charge is -2.37. The highest BCUT2D eigenvalue weighted by Crippen LogP contribution is 2.43. The Morgan fingerprint density at radius 2 is 1.50 bits per heavy atom. The number of methoxy groups -OCH3 is 2. The molecule has 364 valence electrons. The first kappa shape index (κ1) is 48.6. The summed E-state index contributed by atoms with van der Waals surface area (Å²) in [5.41, 5.74) is 0.888. The van der Waals surface area contributed by atoms with E-state index < -0.39 is 82.7 Å². The summed E-state index contributed by atoms with van der Waals surface area (Å²) in [4.78, 5) is 64.1. The van der Waals surface area contributed by atoms with E-state index in [2.05, 4.69) is 20.3 Å². The summed E-state index contributed by atoms with van der Waals surface area (Å²) in [6, 6.07) is 34.7. The highest BCUT2D eigenvalue weighted by Gasteiger charge is 2.44. The molecule has 0 bridgehead atoms. The second kappa shape index (κ2) is 20.8. The Balaban J connectivity index is 1.05. The number of anilines is 2. The number of ether oxygens (including phenoxy) is 6. The van der Waals surface area contributed by atoms with Crippen LogP contribution in [0, 0.1) is 0 Å². The number of hydrogen-bond donors (Lipinski definition) is 3. The number of nitrogens with zero attached hydrogens (tertiary/aromatic N) is 4. The molecule has 1 saturated heterocycles. The monoisotopic (exact) mass is 974 g/mol. The molecule has 1 fully saturated rings. The normalized spacial score (nSPS) is 15.9. The van der Waals surface area contributed by atoms with Crippen molar-refractivity contribution in [1.29, 1.82) is 0 Å². The Labute approximate surface area is 401 Å². The van der Waals surface area contributed by atoms with Gasteiger partial charge in [-0.25, -0.2) is 18.2 Å². The molecule has 0 unspecified atom stereocenters. The SMILES string of the molecule is COc1ccc(C(OC[C@H]2O[C@@H](n3cnc4c(=O)[nH]c(NC(=O)OCCS(=O)(=O)c5cccc6c(N(C)C)cccc56)nc43)C[C@@H]2OC(=O)CCC(=O)O)(c2ccccc2)c2ccc(OC)cc2)cc1. The van der Waals surface area contributed by atoms with E-state index in [1.54, 1.807) is 32.4 Å². The Morgan fingerprint density at radius 3 is 2.14 bits per heavy atom. The largest absolute Gasteiger partial charge is 0.497 e. The lowest BCUT2D eigenvalue weighted by molar-refractivity contribution is -0.157. The summed E-state index contributed by atoms with van der Waals surface area (Å²) < 4.78 is 64.3. The minimum Gasteiger partial charge on any atom is -0.497 e. The fourth-order valence-corrected chi connectivity index (χ4v) is 9.79. The molecule has 19 nitrogen and oxygen atoms in total. The number of amides is 1. The van der Waals surface area contributed by atoms with Crippen LogP contribution in [0.4, 0.5) is 16.4 Å². The molecular weight excluding hydrogens is 925 g/mol. The predicted molar refractivity (Wildman–Crippen MR) is 257 cm³/mol. The van der Waals surface area contributed by atoms with E-state index in [0.29, 0.717) is 16.9 Å². The highest BCUT2D eigenvalue weighted by atomic mass is 32.2. The number of imidazole rings is 1. The number of nitrogens with one attached hydrogen (secondary N) is 2. The van der Waals surface area contributed by atoms with Crippen LogP contribution in [0.25, 0.3) is 21.9 Å². The molecule has 70 heavy (non-hydrogen) atoms. The van der Waals surface area contributed by atoms with Crippen molar-refractivity contribution in [2.75, 3.05) is 57.5 Å². The molecule has 20 heteroatoms. The van der Waals surface area contributed by atoms with Gasteiger partial charge in [0.25, 0.3) is 5.56 Å². The zero-order chi connectivity index (χ0) is 49.6. The lowest BCUT2D eigenvalue weighted by atomic mass is 9.80. The van der Waals surface area contributed by atoms with Gasteiger partial charge >= 0.3 is 18.0 Å². The van der Waals surface area contributed by atoms with E-state index in [4.69, 9.17) is 28.4 Å². The maximum Gasteiger partial charge on any atom is 0.414 e. The minimum absolute atomic E-state index is 0.0113. The van der Waals surface area contributed by atoms with Crippen molar-refractivity contribution in [3.05, 3.63) is 149 Å². The van der Waals surface area contributed by atoms with E-state index in [9.17, 15) is 32.7 Å². The Hall–Kier alpha value is -7.81. The Kier molecular flexibility index (Phi) is 14.5. The first-order valence-electron chi connectivity index (χ1n) is 22.1. The van der Waals surface area contributed by atoms with Crippen LogP contribution in [0.5, 0.6) is 11.5 Å². The Morgan fingerprint density at radius 1 is 0.857 bits per heavy atom. The van der Waals surface area contributed by atoms with Gasteiger partial charge in [0.15, 0.2) is 21.0 Å². The molecule has 0 spiro atoms. The number of sulfone groups is 1. The third-order valence-corrected chi connectivity index (χ3v) is 13.6. The summed E-state index contributed by atoms with van der Waals surface area (Å²) in [6.45, 7) is -0.705. The first-order valence-corrected chi connectivity index (χ1v) is 23.7. The number of benzene rings is 5. The number of esters is 1. The molecule has 0 radical (unpaired) electrons. The molecule has 0 aliphatic carbocycles. The molecule has 2 aromatic heterocycles. The van der Waals surface area contributed by atoms with Crippen LogP contribution in [0.2, 0.25) is 0 Å². The first-order chi connectivity index (χ1) is 33.7. The molecule has 5 aromatic carbocycles. The third kappa shape index (κ3) is 10.3. The minimum atomic E-state index is -3.92. The van der Waals surface area contributed by atoms with Gasteiger partial charge < -0.3 is 38.4 Å². The van der Waals surface area contributed by atoms with Gasteiger partial charge in [-0.05, 0) is 53.1 Å².